The summed E-state index contributed by atoms with van der Waals surface area (Å²) >= 11 is 0. The van der Waals surface area contributed by atoms with Gasteiger partial charge in [0.05, 0.1) is 56.9 Å². The summed E-state index contributed by atoms with van der Waals surface area (Å²) in [6.07, 6.45) is -36.8. The van der Waals surface area contributed by atoms with Crippen LogP contribution in [0.4, 0.5) is 0 Å². The molecule has 3 unspecified atom stereocenters. The SMILES string of the molecule is C[C@H](CC[C@@H](O[C@@H]1O[C@H](CO[C@@H]2O[C@H](CO)[C@@H](O)[C@H](O)[C@H]2O)[C@@H](O)[C@H](O)[C@H]1O)C(C)(C)O)C1CC[C@@]2(C)C3CC=C4C(CC[C@H](O[C@@H]5O[C@H](CO[C@@H]6O[C@H](CO)[C@@H](O)[C@H](O[C@@H]7O[C@H](CO)[C@@H](O)[C@H](O)[C@H]7O)[C@H]6O)[C@@H](O)[C@H](O)[C@H]5O)C4(C)C)[C@]3(C)[C@H](O)C[C@]12C. The van der Waals surface area contributed by atoms with Crippen LogP contribution in [0, 0.1) is 45.3 Å². The molecule has 4 aliphatic carbocycles. The first-order valence-corrected chi connectivity index (χ1v) is 31.6. The highest BCUT2D eigenvalue weighted by atomic mass is 16.8. The summed E-state index contributed by atoms with van der Waals surface area (Å²) < 4.78 is 58.5. The van der Waals surface area contributed by atoms with E-state index in [4.69, 9.17) is 47.4 Å². The van der Waals surface area contributed by atoms with Crippen molar-refractivity contribution >= 4 is 0 Å². The summed E-state index contributed by atoms with van der Waals surface area (Å²) in [7, 11) is 0. The van der Waals surface area contributed by atoms with E-state index in [-0.39, 0.29) is 40.9 Å². The van der Waals surface area contributed by atoms with Crippen LogP contribution in [0.2, 0.25) is 0 Å². The molecule has 19 N–H and O–H groups in total. The van der Waals surface area contributed by atoms with Gasteiger partial charge in [-0.05, 0) is 99.7 Å². The number of aliphatic hydroxyl groups excluding tert-OH is 18. The molecule has 89 heavy (non-hydrogen) atoms. The molecule has 9 rings (SSSR count). The van der Waals surface area contributed by atoms with Gasteiger partial charge in [-0.25, -0.2) is 0 Å². The van der Waals surface area contributed by atoms with Crippen molar-refractivity contribution in [3.8, 4) is 0 Å². The Labute approximate surface area is 517 Å². The molecule has 5 heterocycles. The topological polar surface area (TPSA) is 477 Å². The quantitative estimate of drug-likeness (QED) is 0.0506. The van der Waals surface area contributed by atoms with Crippen LogP contribution in [0.1, 0.15) is 107 Å². The maximum Gasteiger partial charge on any atom is 0.187 e. The van der Waals surface area contributed by atoms with Crippen molar-refractivity contribution in [3.63, 3.8) is 0 Å². The third-order valence-corrected chi connectivity index (χ3v) is 22.9. The average Bonchev–Trinajstić information content (AvgIpc) is 1.67. The lowest BCUT2D eigenvalue weighted by Gasteiger charge is -2.67. The molecule has 0 amide bonds. The van der Waals surface area contributed by atoms with E-state index in [1.54, 1.807) is 13.8 Å². The number of hydrogen-bond donors (Lipinski definition) is 19. The fourth-order valence-electron chi connectivity index (χ4n) is 17.0. The number of hydrogen-bond acceptors (Lipinski definition) is 29. The highest BCUT2D eigenvalue weighted by Crippen LogP contribution is 2.75. The summed E-state index contributed by atoms with van der Waals surface area (Å²) in [6.45, 7) is 12.7. The van der Waals surface area contributed by atoms with Gasteiger partial charge in [-0.2, -0.15) is 0 Å². The van der Waals surface area contributed by atoms with Gasteiger partial charge in [-0.1, -0.05) is 53.2 Å². The highest BCUT2D eigenvalue weighted by Gasteiger charge is 2.70. The second kappa shape index (κ2) is 27.6. The first kappa shape index (κ1) is 71.9. The predicted octanol–water partition coefficient (Wildman–Crippen LogP) is -5.41. The second-order valence-electron chi connectivity index (χ2n) is 28.7. The zero-order chi connectivity index (χ0) is 65.5. The number of allylic oxidation sites excluding steroid dienone is 1. The van der Waals surface area contributed by atoms with Gasteiger partial charge in [0, 0.05) is 10.8 Å². The van der Waals surface area contributed by atoms with Crippen LogP contribution in [0.15, 0.2) is 11.6 Å². The van der Waals surface area contributed by atoms with Gasteiger partial charge in [-0.3, -0.25) is 0 Å². The Morgan fingerprint density at radius 2 is 0.966 bits per heavy atom. The summed E-state index contributed by atoms with van der Waals surface area (Å²) in [6, 6.07) is 0. The van der Waals surface area contributed by atoms with Gasteiger partial charge in [0.15, 0.2) is 31.5 Å². The molecule has 0 aromatic carbocycles. The minimum Gasteiger partial charge on any atom is -0.394 e. The Morgan fingerprint density at radius 3 is 1.49 bits per heavy atom. The Balaban J connectivity index is 0.829. The lowest BCUT2D eigenvalue weighted by atomic mass is 9.38. The van der Waals surface area contributed by atoms with Gasteiger partial charge >= 0.3 is 0 Å². The lowest BCUT2D eigenvalue weighted by molar-refractivity contribution is -0.366. The van der Waals surface area contributed by atoms with Gasteiger partial charge < -0.3 is 144 Å². The number of fused-ring (bicyclic) bond motifs is 5. The summed E-state index contributed by atoms with van der Waals surface area (Å²) in [5, 5.41) is 205. The Kier molecular flexibility index (Phi) is 22.3. The standard InChI is InChI=1S/C60H102O29/c1-23(9-13-35(57(4,5)79)88-54-47(76)44(73)38(67)30(86-54)21-80-51-45(74)41(70)36(65)27(18-61)82-51)24-15-16-58(6)32-12-10-25-26(60(32,8)33(64)17-59(24,58)7)11-14-34(56(25,2)3)87-53-46(75)43(72)39(68)31(85-53)22-81-52-49(78)50(40(69)29(20-63)83-52)89-55-48(77)42(71)37(66)28(19-62)84-55/h10,23-24,26-55,61-79H,9,11-22H2,1-8H3/t23-,24?,26?,27-,28-,29-,30-,31-,32?,33-,34+,35-,36-,37-,38-,39-,40-,41+,42+,43+,44+,45-,46-,47-,48-,49-,50+,51-,52-,53+,54+,55+,58+,59-,60+/m1/s1. The highest BCUT2D eigenvalue weighted by molar-refractivity contribution is 5.32. The Bertz CT molecular complexity index is 2350. The minimum absolute atomic E-state index is 0.0420. The van der Waals surface area contributed by atoms with Crippen molar-refractivity contribution in [1.29, 1.82) is 0 Å². The number of aliphatic hydroxyl groups is 19. The van der Waals surface area contributed by atoms with Gasteiger partial charge in [-0.15, -0.1) is 0 Å². The second-order valence-corrected chi connectivity index (χ2v) is 28.7. The van der Waals surface area contributed by atoms with E-state index >= 15 is 0 Å². The summed E-state index contributed by atoms with van der Waals surface area (Å²) in [4.78, 5) is 0. The largest absolute Gasteiger partial charge is 0.394 e. The van der Waals surface area contributed by atoms with E-state index in [0.717, 1.165) is 18.4 Å². The first-order valence-electron chi connectivity index (χ1n) is 31.6. The molecule has 0 bridgehead atoms. The molecule has 29 nitrogen and oxygen atoms in total. The zero-order valence-electron chi connectivity index (χ0n) is 51.8. The van der Waals surface area contributed by atoms with Crippen molar-refractivity contribution in [2.45, 2.75) is 284 Å². The molecule has 8 fully saturated rings. The molecule has 9 aliphatic rings. The van der Waals surface area contributed by atoms with Crippen LogP contribution >= 0.6 is 0 Å². The Morgan fingerprint density at radius 1 is 0.517 bits per heavy atom. The van der Waals surface area contributed by atoms with E-state index in [1.807, 2.05) is 13.8 Å². The molecular weight excluding hydrogens is 1180 g/mol. The maximum atomic E-state index is 12.8. The van der Waals surface area contributed by atoms with Crippen LogP contribution in [-0.2, 0) is 47.4 Å². The molecule has 5 aliphatic heterocycles. The molecule has 3 saturated carbocycles. The van der Waals surface area contributed by atoms with E-state index in [0.29, 0.717) is 32.1 Å². The molecule has 0 aromatic heterocycles. The van der Waals surface area contributed by atoms with E-state index in [9.17, 15) is 97.0 Å². The van der Waals surface area contributed by atoms with Crippen LogP contribution in [0.3, 0.4) is 0 Å². The van der Waals surface area contributed by atoms with Gasteiger partial charge in [0.1, 0.15) is 122 Å². The molecule has 5 saturated heterocycles. The first-order chi connectivity index (χ1) is 41.6. The molecule has 0 spiro atoms. The Hall–Kier alpha value is -1.42. The molecule has 0 radical (unpaired) electrons. The fraction of sp³-hybridized carbons (Fsp3) is 0.967. The van der Waals surface area contributed by atoms with E-state index in [2.05, 4.69) is 33.8 Å². The van der Waals surface area contributed by atoms with Crippen LogP contribution in [0.25, 0.3) is 0 Å². The minimum atomic E-state index is -1.90. The maximum absolute atomic E-state index is 12.8. The van der Waals surface area contributed by atoms with Gasteiger partial charge in [0.25, 0.3) is 0 Å². The van der Waals surface area contributed by atoms with Gasteiger partial charge in [0.2, 0.25) is 0 Å². The number of rotatable bonds is 20. The summed E-state index contributed by atoms with van der Waals surface area (Å²) in [5.74, 6) is 0.148. The third-order valence-electron chi connectivity index (χ3n) is 22.9. The molecule has 516 valence electrons. The normalized spacial score (nSPS) is 51.8. The van der Waals surface area contributed by atoms with Crippen LogP contribution in [-0.4, -0.2) is 308 Å². The molecule has 35 atom stereocenters. The molecule has 0 aromatic rings. The monoisotopic (exact) mass is 1290 g/mol. The molecular formula is C60H102O29. The van der Waals surface area contributed by atoms with E-state index < -0.39 is 221 Å². The predicted molar refractivity (Wildman–Crippen MR) is 300 cm³/mol. The average molecular weight is 1290 g/mol. The van der Waals surface area contributed by atoms with Crippen molar-refractivity contribution in [2.24, 2.45) is 45.3 Å². The third kappa shape index (κ3) is 13.1. The summed E-state index contributed by atoms with van der Waals surface area (Å²) in [5.41, 5.74) is -2.28. The van der Waals surface area contributed by atoms with Crippen molar-refractivity contribution < 1.29 is 144 Å². The van der Waals surface area contributed by atoms with Crippen LogP contribution in [0.5, 0.6) is 0 Å². The van der Waals surface area contributed by atoms with Crippen LogP contribution < -0.4 is 0 Å². The fourth-order valence-corrected chi connectivity index (χ4v) is 17.0. The smallest absolute Gasteiger partial charge is 0.187 e. The zero-order valence-corrected chi connectivity index (χ0v) is 51.8. The van der Waals surface area contributed by atoms with Crippen molar-refractivity contribution in [3.05, 3.63) is 11.6 Å². The van der Waals surface area contributed by atoms with Crippen molar-refractivity contribution in [1.82, 2.24) is 0 Å². The number of ether oxygens (including phenoxy) is 10. The van der Waals surface area contributed by atoms with Crippen molar-refractivity contribution in [2.75, 3.05) is 33.0 Å². The molecule has 29 heteroatoms. The lowest BCUT2D eigenvalue weighted by Crippen LogP contribution is -2.65. The van der Waals surface area contributed by atoms with E-state index in [1.165, 1.54) is 0 Å².